The average Bonchev–Trinajstić information content (AvgIpc) is 3.09. The van der Waals surface area contributed by atoms with Gasteiger partial charge in [-0.25, -0.2) is 4.98 Å². The number of anilines is 1. The van der Waals surface area contributed by atoms with Crippen molar-refractivity contribution in [1.29, 1.82) is 0 Å². The molecule has 0 radical (unpaired) electrons. The van der Waals surface area contributed by atoms with E-state index in [1.54, 1.807) is 4.90 Å². The second kappa shape index (κ2) is 8.79. The van der Waals surface area contributed by atoms with Crippen LogP contribution in [0.25, 0.3) is 0 Å². The van der Waals surface area contributed by atoms with Crippen molar-refractivity contribution >= 4 is 17.6 Å². The van der Waals surface area contributed by atoms with E-state index in [2.05, 4.69) is 15.6 Å². The molecule has 2 heterocycles. The molecule has 6 nitrogen and oxygen atoms in total. The van der Waals surface area contributed by atoms with Gasteiger partial charge in [0.25, 0.3) is 0 Å². The van der Waals surface area contributed by atoms with E-state index in [-0.39, 0.29) is 11.8 Å². The fourth-order valence-corrected chi connectivity index (χ4v) is 3.01. The van der Waals surface area contributed by atoms with Gasteiger partial charge in [-0.3, -0.25) is 9.59 Å². The van der Waals surface area contributed by atoms with Gasteiger partial charge in [0.05, 0.1) is 5.56 Å². The number of carbonyl (C=O) groups excluding carboxylic acids is 2. The first kappa shape index (κ1) is 22.0. The summed E-state index contributed by atoms with van der Waals surface area (Å²) in [4.78, 5) is 30.2. The Kier molecular flexibility index (Phi) is 6.90. The third-order valence-corrected chi connectivity index (χ3v) is 4.51. The maximum atomic E-state index is 12.5. The van der Waals surface area contributed by atoms with Crippen molar-refractivity contribution in [2.24, 2.45) is 5.41 Å². The summed E-state index contributed by atoms with van der Waals surface area (Å²) in [6, 6.07) is 1.81. The number of carbonyl (C=O) groups is 2. The van der Waals surface area contributed by atoms with Crippen LogP contribution in [0.1, 0.15) is 45.6 Å². The molecule has 1 aromatic rings. The number of nitrogens with one attached hydrogen (secondary N) is 2. The number of amides is 2. The van der Waals surface area contributed by atoms with Gasteiger partial charge in [-0.15, -0.1) is 0 Å². The molecule has 1 saturated heterocycles. The summed E-state index contributed by atoms with van der Waals surface area (Å²) in [6.45, 7) is 6.96. The van der Waals surface area contributed by atoms with Crippen LogP contribution >= 0.6 is 0 Å². The summed E-state index contributed by atoms with van der Waals surface area (Å²) < 4.78 is 37.5. The SMILES string of the molecule is CC(C)(C)C(=O)N1CCCC1C(=O)NCCCNc1ccc(C(F)(F)F)cn1. The van der Waals surface area contributed by atoms with E-state index in [4.69, 9.17) is 0 Å². The predicted octanol–water partition coefficient (Wildman–Crippen LogP) is 3.06. The number of nitrogens with zero attached hydrogens (tertiary/aromatic N) is 2. The normalized spacial score (nSPS) is 17.5. The summed E-state index contributed by atoms with van der Waals surface area (Å²) in [5, 5.41) is 5.75. The Morgan fingerprint density at radius 2 is 1.93 bits per heavy atom. The maximum absolute atomic E-state index is 12.5. The molecule has 1 aromatic heterocycles. The Morgan fingerprint density at radius 3 is 2.50 bits per heavy atom. The highest BCUT2D eigenvalue weighted by Gasteiger charge is 2.38. The zero-order valence-electron chi connectivity index (χ0n) is 16.4. The molecule has 2 N–H and O–H groups in total. The number of rotatable bonds is 6. The molecule has 9 heteroatoms. The Bertz CT molecular complexity index is 684. The minimum absolute atomic E-state index is 0.0276. The van der Waals surface area contributed by atoms with Crippen molar-refractivity contribution in [1.82, 2.24) is 15.2 Å². The second-order valence-electron chi connectivity index (χ2n) is 7.91. The molecular formula is C19H27F3N4O2. The molecule has 1 unspecified atom stereocenters. The Morgan fingerprint density at radius 1 is 1.21 bits per heavy atom. The van der Waals surface area contributed by atoms with Crippen LogP contribution in [-0.2, 0) is 15.8 Å². The summed E-state index contributed by atoms with van der Waals surface area (Å²) in [6.07, 6.45) is -1.58. The van der Waals surface area contributed by atoms with Gasteiger partial charge in [0.15, 0.2) is 0 Å². The van der Waals surface area contributed by atoms with E-state index in [0.29, 0.717) is 38.3 Å². The minimum atomic E-state index is -4.40. The molecular weight excluding hydrogens is 373 g/mol. The first-order valence-corrected chi connectivity index (χ1v) is 9.36. The molecule has 0 aromatic carbocycles. The number of likely N-dealkylation sites (tertiary alicyclic amines) is 1. The van der Waals surface area contributed by atoms with Crippen LogP contribution in [0.15, 0.2) is 18.3 Å². The first-order chi connectivity index (χ1) is 13.0. The monoisotopic (exact) mass is 400 g/mol. The molecule has 1 fully saturated rings. The molecule has 28 heavy (non-hydrogen) atoms. The lowest BCUT2D eigenvalue weighted by Gasteiger charge is -2.30. The predicted molar refractivity (Wildman–Crippen MR) is 99.5 cm³/mol. The van der Waals surface area contributed by atoms with Gasteiger partial charge in [-0.2, -0.15) is 13.2 Å². The van der Waals surface area contributed by atoms with Crippen molar-refractivity contribution in [2.75, 3.05) is 25.0 Å². The van der Waals surface area contributed by atoms with Crippen LogP contribution in [-0.4, -0.2) is 47.4 Å². The number of halogens is 3. The smallest absolute Gasteiger partial charge is 0.370 e. The van der Waals surface area contributed by atoms with Crippen molar-refractivity contribution < 1.29 is 22.8 Å². The van der Waals surface area contributed by atoms with Crippen molar-refractivity contribution in [3.8, 4) is 0 Å². The van der Waals surface area contributed by atoms with Crippen LogP contribution in [0, 0.1) is 5.41 Å². The summed E-state index contributed by atoms with van der Waals surface area (Å²) in [5.74, 6) is 0.153. The Hall–Kier alpha value is -2.32. The largest absolute Gasteiger partial charge is 0.417 e. The molecule has 0 saturated carbocycles. The highest BCUT2D eigenvalue weighted by Crippen LogP contribution is 2.29. The first-order valence-electron chi connectivity index (χ1n) is 9.36. The number of alkyl halides is 3. The van der Waals surface area contributed by atoms with E-state index in [0.717, 1.165) is 18.7 Å². The zero-order chi connectivity index (χ0) is 20.9. The molecule has 1 atom stereocenters. The van der Waals surface area contributed by atoms with Gasteiger partial charge >= 0.3 is 6.18 Å². The van der Waals surface area contributed by atoms with Crippen molar-refractivity contribution in [3.63, 3.8) is 0 Å². The van der Waals surface area contributed by atoms with Gasteiger partial charge < -0.3 is 15.5 Å². The highest BCUT2D eigenvalue weighted by molar-refractivity contribution is 5.90. The molecule has 156 valence electrons. The van der Waals surface area contributed by atoms with E-state index < -0.39 is 23.2 Å². The quantitative estimate of drug-likeness (QED) is 0.720. The Labute approximate surface area is 162 Å². The minimum Gasteiger partial charge on any atom is -0.370 e. The number of hydrogen-bond acceptors (Lipinski definition) is 4. The molecule has 2 amide bonds. The molecule has 1 aliphatic rings. The van der Waals surface area contributed by atoms with Crippen LogP contribution < -0.4 is 10.6 Å². The van der Waals surface area contributed by atoms with E-state index in [9.17, 15) is 22.8 Å². The molecule has 2 rings (SSSR count). The van der Waals surface area contributed by atoms with Gasteiger partial charge in [0.2, 0.25) is 11.8 Å². The van der Waals surface area contributed by atoms with Crippen LogP contribution in [0.3, 0.4) is 0 Å². The third-order valence-electron chi connectivity index (χ3n) is 4.51. The maximum Gasteiger partial charge on any atom is 0.417 e. The highest BCUT2D eigenvalue weighted by atomic mass is 19.4. The number of hydrogen-bond donors (Lipinski definition) is 2. The third kappa shape index (κ3) is 5.84. The van der Waals surface area contributed by atoms with Crippen molar-refractivity contribution in [3.05, 3.63) is 23.9 Å². The lowest BCUT2D eigenvalue weighted by molar-refractivity contribution is -0.144. The summed E-state index contributed by atoms with van der Waals surface area (Å²) in [5.41, 5.74) is -1.32. The van der Waals surface area contributed by atoms with E-state index >= 15 is 0 Å². The number of aromatic nitrogens is 1. The average molecular weight is 400 g/mol. The van der Waals surface area contributed by atoms with Gasteiger partial charge in [0, 0.05) is 31.2 Å². The summed E-state index contributed by atoms with van der Waals surface area (Å²) >= 11 is 0. The lowest BCUT2D eigenvalue weighted by Crippen LogP contribution is -2.49. The van der Waals surface area contributed by atoms with Gasteiger partial charge in [0.1, 0.15) is 11.9 Å². The molecule has 0 bridgehead atoms. The topological polar surface area (TPSA) is 74.3 Å². The van der Waals surface area contributed by atoms with Gasteiger partial charge in [-0.1, -0.05) is 20.8 Å². The molecule has 0 aliphatic carbocycles. The standard InChI is InChI=1S/C19H27F3N4O2/c1-18(2,3)17(28)26-11-4-6-14(26)16(27)24-10-5-9-23-15-8-7-13(12-25-15)19(20,21)22/h7-8,12,14H,4-6,9-11H2,1-3H3,(H,23,25)(H,24,27). The molecule has 0 spiro atoms. The molecule has 1 aliphatic heterocycles. The van der Waals surface area contributed by atoms with Crippen LogP contribution in [0.5, 0.6) is 0 Å². The number of pyridine rings is 1. The Balaban J connectivity index is 1.73. The lowest BCUT2D eigenvalue weighted by atomic mass is 9.94. The van der Waals surface area contributed by atoms with Crippen LogP contribution in [0.2, 0.25) is 0 Å². The second-order valence-corrected chi connectivity index (χ2v) is 7.91. The fourth-order valence-electron chi connectivity index (χ4n) is 3.01. The van der Waals surface area contributed by atoms with E-state index in [1.165, 1.54) is 6.07 Å². The summed E-state index contributed by atoms with van der Waals surface area (Å²) in [7, 11) is 0. The van der Waals surface area contributed by atoms with Crippen LogP contribution in [0.4, 0.5) is 19.0 Å². The fraction of sp³-hybridized carbons (Fsp3) is 0.632. The van der Waals surface area contributed by atoms with Gasteiger partial charge in [-0.05, 0) is 31.4 Å². The van der Waals surface area contributed by atoms with E-state index in [1.807, 2.05) is 20.8 Å². The zero-order valence-corrected chi connectivity index (χ0v) is 16.4. The van der Waals surface area contributed by atoms with Crippen molar-refractivity contribution in [2.45, 2.75) is 52.3 Å².